The lowest BCUT2D eigenvalue weighted by Crippen LogP contribution is -2.04. The maximum absolute atomic E-state index is 12.7. The van der Waals surface area contributed by atoms with Gasteiger partial charge in [-0.1, -0.05) is 12.1 Å². The molecule has 2 aromatic carbocycles. The van der Waals surface area contributed by atoms with Gasteiger partial charge in [0.05, 0.1) is 28.2 Å². The van der Waals surface area contributed by atoms with E-state index in [1.54, 1.807) is 10.6 Å². The molecule has 6 nitrogen and oxygen atoms in total. The van der Waals surface area contributed by atoms with Gasteiger partial charge < -0.3 is 10.3 Å². The molecule has 0 atom stereocenters. The number of alkyl halides is 4. The molecule has 3 aromatic heterocycles. The summed E-state index contributed by atoms with van der Waals surface area (Å²) in [5, 5.41) is 7.43. The van der Waals surface area contributed by atoms with Crippen molar-refractivity contribution in [1.29, 1.82) is 0 Å². The van der Waals surface area contributed by atoms with Crippen molar-refractivity contribution in [2.75, 3.05) is 5.32 Å². The molecule has 5 aromatic rings. The van der Waals surface area contributed by atoms with Crippen LogP contribution in [0.2, 0.25) is 0 Å². The Labute approximate surface area is 178 Å². The predicted molar refractivity (Wildman–Crippen MR) is 112 cm³/mol. The second kappa shape index (κ2) is 7.28. The number of H-pyrrole nitrogens is 1. The lowest BCUT2D eigenvalue weighted by molar-refractivity contribution is -0.137. The highest BCUT2D eigenvalue weighted by Gasteiger charge is 2.30. The third kappa shape index (κ3) is 3.68. The highest BCUT2D eigenvalue weighted by Crippen LogP contribution is 2.30. The molecular weight excluding hydrogens is 429 g/mol. The molecule has 0 saturated heterocycles. The average Bonchev–Trinajstić information content (AvgIpc) is 3.35. The van der Waals surface area contributed by atoms with E-state index < -0.39 is 11.7 Å². The Morgan fingerprint density at radius 3 is 2.55 bits per heavy atom. The number of hydrogen-bond acceptors (Lipinski definition) is 4. The zero-order valence-corrected chi connectivity index (χ0v) is 16.5. The zero-order chi connectivity index (χ0) is 21.6. The Morgan fingerprint density at radius 1 is 1.00 bits per heavy atom. The van der Waals surface area contributed by atoms with Crippen molar-refractivity contribution < 1.29 is 13.2 Å². The Kier molecular flexibility index (Phi) is 4.55. The van der Waals surface area contributed by atoms with Crippen molar-refractivity contribution >= 4 is 39.9 Å². The van der Waals surface area contributed by atoms with Crippen LogP contribution in [-0.4, -0.2) is 24.6 Å². The largest absolute Gasteiger partial charge is 0.416 e. The summed E-state index contributed by atoms with van der Waals surface area (Å²) < 4.78 is 39.9. The number of hydrogen-bond donors (Lipinski definition) is 2. The molecular formula is C21H14ClF3N6. The van der Waals surface area contributed by atoms with Crippen LogP contribution < -0.4 is 5.32 Å². The third-order valence-corrected chi connectivity index (χ3v) is 5.03. The SMILES string of the molecule is FC(F)(F)c1ccc(Nc2nc3cccc(-c4ccc5nc(CCl)[nH]c5c4)n3n2)cc1. The summed E-state index contributed by atoms with van der Waals surface area (Å²) in [6.45, 7) is 0. The number of pyridine rings is 1. The first-order valence-corrected chi connectivity index (χ1v) is 9.79. The number of anilines is 2. The van der Waals surface area contributed by atoms with E-state index in [2.05, 4.69) is 25.4 Å². The quantitative estimate of drug-likeness (QED) is 0.346. The predicted octanol–water partition coefficient (Wildman–Crippen LogP) is 5.77. The number of aromatic amines is 1. The summed E-state index contributed by atoms with van der Waals surface area (Å²) in [6.07, 6.45) is -4.38. The van der Waals surface area contributed by atoms with E-state index in [-0.39, 0.29) is 5.95 Å². The molecule has 0 aliphatic rings. The Balaban J connectivity index is 1.49. The van der Waals surface area contributed by atoms with Gasteiger partial charge in [-0.25, -0.2) is 9.50 Å². The summed E-state index contributed by atoms with van der Waals surface area (Å²) in [6, 6.07) is 16.1. The highest BCUT2D eigenvalue weighted by atomic mass is 35.5. The number of nitrogens with one attached hydrogen (secondary N) is 2. The van der Waals surface area contributed by atoms with Crippen LogP contribution in [0.1, 0.15) is 11.4 Å². The van der Waals surface area contributed by atoms with Gasteiger partial charge in [-0.05, 0) is 48.5 Å². The van der Waals surface area contributed by atoms with Crippen LogP contribution in [0.4, 0.5) is 24.8 Å². The number of benzene rings is 2. The van der Waals surface area contributed by atoms with Crippen molar-refractivity contribution in [1.82, 2.24) is 24.6 Å². The molecule has 5 rings (SSSR count). The molecule has 0 amide bonds. The van der Waals surface area contributed by atoms with Crippen LogP contribution in [0, 0.1) is 0 Å². The molecule has 3 heterocycles. The molecule has 0 saturated carbocycles. The van der Waals surface area contributed by atoms with E-state index in [1.165, 1.54) is 12.1 Å². The summed E-state index contributed by atoms with van der Waals surface area (Å²) >= 11 is 5.85. The van der Waals surface area contributed by atoms with Crippen LogP contribution >= 0.6 is 11.6 Å². The summed E-state index contributed by atoms with van der Waals surface area (Å²) in [7, 11) is 0. The topological polar surface area (TPSA) is 70.9 Å². The molecule has 31 heavy (non-hydrogen) atoms. The van der Waals surface area contributed by atoms with Crippen molar-refractivity contribution in [3.63, 3.8) is 0 Å². The molecule has 0 unspecified atom stereocenters. The number of aromatic nitrogens is 5. The van der Waals surface area contributed by atoms with Gasteiger partial charge in [0.25, 0.3) is 0 Å². The Morgan fingerprint density at radius 2 is 1.81 bits per heavy atom. The van der Waals surface area contributed by atoms with E-state index in [4.69, 9.17) is 11.6 Å². The number of halogens is 4. The summed E-state index contributed by atoms with van der Waals surface area (Å²) in [5.74, 6) is 1.26. The fraction of sp³-hybridized carbons (Fsp3) is 0.0952. The second-order valence-corrected chi connectivity index (χ2v) is 7.13. The third-order valence-electron chi connectivity index (χ3n) is 4.78. The molecule has 156 valence electrons. The molecule has 10 heteroatoms. The number of rotatable bonds is 4. The van der Waals surface area contributed by atoms with Crippen LogP contribution in [-0.2, 0) is 12.1 Å². The first kappa shape index (κ1) is 19.4. The first-order valence-electron chi connectivity index (χ1n) is 9.26. The lowest BCUT2D eigenvalue weighted by Gasteiger charge is -2.07. The van der Waals surface area contributed by atoms with Gasteiger partial charge in [-0.2, -0.15) is 18.2 Å². The number of imidazole rings is 1. The molecule has 2 N–H and O–H groups in total. The number of nitrogens with zero attached hydrogens (tertiary/aromatic N) is 4. The Bertz CT molecular complexity index is 1390. The highest BCUT2D eigenvalue weighted by molar-refractivity contribution is 6.16. The van der Waals surface area contributed by atoms with Gasteiger partial charge in [-0.15, -0.1) is 16.7 Å². The Hall–Kier alpha value is -3.59. The van der Waals surface area contributed by atoms with Crippen LogP contribution in [0.25, 0.3) is 27.9 Å². The van der Waals surface area contributed by atoms with E-state index in [0.29, 0.717) is 23.0 Å². The van der Waals surface area contributed by atoms with Gasteiger partial charge in [0.15, 0.2) is 5.65 Å². The standard InChI is InChI=1S/C21H14ClF3N6/c22-11-18-27-15-9-4-12(10-16(15)28-18)17-2-1-3-19-29-20(30-31(17)19)26-14-7-5-13(6-8-14)21(23,24)25/h1-10H,11H2,(H,26,30)(H,27,28). The molecule has 0 radical (unpaired) electrons. The fourth-order valence-electron chi connectivity index (χ4n) is 3.33. The van der Waals surface area contributed by atoms with E-state index in [0.717, 1.165) is 34.4 Å². The van der Waals surface area contributed by atoms with E-state index >= 15 is 0 Å². The van der Waals surface area contributed by atoms with E-state index in [1.807, 2.05) is 30.3 Å². The fourth-order valence-corrected chi connectivity index (χ4v) is 3.46. The second-order valence-electron chi connectivity index (χ2n) is 6.87. The number of fused-ring (bicyclic) bond motifs is 2. The minimum atomic E-state index is -4.38. The maximum atomic E-state index is 12.7. The molecule has 0 bridgehead atoms. The zero-order valence-electron chi connectivity index (χ0n) is 15.8. The van der Waals surface area contributed by atoms with Gasteiger partial charge >= 0.3 is 6.18 Å². The normalized spacial score (nSPS) is 12.0. The first-order chi connectivity index (χ1) is 14.9. The van der Waals surface area contributed by atoms with Crippen LogP contribution in [0.5, 0.6) is 0 Å². The minimum absolute atomic E-state index is 0.277. The van der Waals surface area contributed by atoms with Crippen molar-refractivity contribution in [2.45, 2.75) is 12.1 Å². The van der Waals surface area contributed by atoms with Crippen molar-refractivity contribution in [2.24, 2.45) is 0 Å². The van der Waals surface area contributed by atoms with Gasteiger partial charge in [0.1, 0.15) is 5.82 Å². The molecule has 0 spiro atoms. The lowest BCUT2D eigenvalue weighted by atomic mass is 10.1. The van der Waals surface area contributed by atoms with E-state index in [9.17, 15) is 13.2 Å². The van der Waals surface area contributed by atoms with Gasteiger partial charge in [0.2, 0.25) is 5.95 Å². The summed E-state index contributed by atoms with van der Waals surface area (Å²) in [4.78, 5) is 12.0. The monoisotopic (exact) mass is 442 g/mol. The van der Waals surface area contributed by atoms with Gasteiger partial charge in [-0.3, -0.25) is 0 Å². The molecule has 0 fully saturated rings. The van der Waals surface area contributed by atoms with Crippen LogP contribution in [0.3, 0.4) is 0 Å². The smallest absolute Gasteiger partial charge is 0.341 e. The summed E-state index contributed by atoms with van der Waals surface area (Å²) in [5.41, 5.74) is 3.71. The van der Waals surface area contributed by atoms with Gasteiger partial charge in [0, 0.05) is 11.3 Å². The average molecular weight is 443 g/mol. The molecule has 0 aliphatic carbocycles. The van der Waals surface area contributed by atoms with Crippen molar-refractivity contribution in [3.05, 3.63) is 72.1 Å². The molecule has 0 aliphatic heterocycles. The van der Waals surface area contributed by atoms with Crippen molar-refractivity contribution in [3.8, 4) is 11.3 Å². The minimum Gasteiger partial charge on any atom is -0.341 e. The van der Waals surface area contributed by atoms with Crippen LogP contribution in [0.15, 0.2) is 60.7 Å². The maximum Gasteiger partial charge on any atom is 0.416 e.